The fourth-order valence-electron chi connectivity index (χ4n) is 7.54. The number of likely N-dealkylation sites (tertiary alicyclic amines) is 1. The molecule has 12 heteroatoms. The number of carbonyl (C=O) groups excluding carboxylic acids is 2. The molecule has 2 saturated heterocycles. The first-order chi connectivity index (χ1) is 25.1. The zero-order valence-corrected chi connectivity index (χ0v) is 31.4. The summed E-state index contributed by atoms with van der Waals surface area (Å²) in [6.45, 7) is 12.7. The molecule has 3 aromatic rings. The van der Waals surface area contributed by atoms with Crippen molar-refractivity contribution in [2.45, 2.75) is 97.3 Å². The lowest BCUT2D eigenvalue weighted by Crippen LogP contribution is -2.48. The van der Waals surface area contributed by atoms with E-state index in [2.05, 4.69) is 57.4 Å². The Kier molecular flexibility index (Phi) is 14.1. The summed E-state index contributed by atoms with van der Waals surface area (Å²) in [6, 6.07) is 12.8. The van der Waals surface area contributed by atoms with Crippen molar-refractivity contribution in [3.8, 4) is 5.69 Å². The molecule has 5 heterocycles. The molecule has 2 amide bonds. The number of carbonyl (C=O) groups is 3. The summed E-state index contributed by atoms with van der Waals surface area (Å²) in [5, 5.41) is 17.8. The normalized spacial score (nSPS) is 16.4. The number of aromatic nitrogens is 3. The van der Waals surface area contributed by atoms with Crippen LogP contribution in [0.2, 0.25) is 0 Å². The van der Waals surface area contributed by atoms with E-state index in [9.17, 15) is 19.5 Å². The molecule has 6 rings (SSSR count). The summed E-state index contributed by atoms with van der Waals surface area (Å²) in [6.07, 6.45) is 9.12. The van der Waals surface area contributed by atoms with E-state index in [0.717, 1.165) is 79.6 Å². The zero-order chi connectivity index (χ0) is 37.0. The molecule has 2 aromatic heterocycles. The largest absolute Gasteiger partial charge is 0.481 e. The van der Waals surface area contributed by atoms with Crippen molar-refractivity contribution >= 4 is 29.3 Å². The van der Waals surface area contributed by atoms with E-state index in [0.29, 0.717) is 51.9 Å². The highest BCUT2D eigenvalue weighted by molar-refractivity contribution is 5.77. The zero-order valence-electron chi connectivity index (χ0n) is 31.4. The Balaban J connectivity index is 0.000000335. The molecule has 1 unspecified atom stereocenters. The highest BCUT2D eigenvalue weighted by Crippen LogP contribution is 2.31. The highest BCUT2D eigenvalue weighted by Gasteiger charge is 2.26. The summed E-state index contributed by atoms with van der Waals surface area (Å²) in [4.78, 5) is 46.7. The third-order valence-electron chi connectivity index (χ3n) is 10.3. The van der Waals surface area contributed by atoms with Crippen LogP contribution in [0.4, 0.5) is 11.5 Å². The number of fused-ring (bicyclic) bond motifs is 1. The first-order valence-corrected chi connectivity index (χ1v) is 19.3. The monoisotopic (exact) mass is 714 g/mol. The number of piperazine rings is 1. The second-order valence-corrected chi connectivity index (χ2v) is 14.6. The van der Waals surface area contributed by atoms with Crippen LogP contribution in [0.25, 0.3) is 5.69 Å². The minimum atomic E-state index is -0.791. The van der Waals surface area contributed by atoms with E-state index >= 15 is 0 Å². The number of hydrogen-bond acceptors (Lipinski definition) is 8. The number of benzene rings is 1. The van der Waals surface area contributed by atoms with Crippen molar-refractivity contribution < 1.29 is 19.5 Å². The number of unbranched alkanes of at least 4 members (excludes halogenated alkanes) is 1. The highest BCUT2D eigenvalue weighted by atomic mass is 16.4. The van der Waals surface area contributed by atoms with Crippen LogP contribution in [0.5, 0.6) is 0 Å². The van der Waals surface area contributed by atoms with Gasteiger partial charge >= 0.3 is 5.97 Å². The number of primary amides is 1. The van der Waals surface area contributed by atoms with E-state index in [4.69, 9.17) is 10.8 Å². The molecular formula is C40H58N8O4. The van der Waals surface area contributed by atoms with Gasteiger partial charge in [0.1, 0.15) is 5.82 Å². The minimum absolute atomic E-state index is 0.0779. The lowest BCUT2D eigenvalue weighted by atomic mass is 9.93. The molecule has 3 aliphatic rings. The van der Waals surface area contributed by atoms with Crippen LogP contribution in [0.3, 0.4) is 0 Å². The number of hydrogen-bond donors (Lipinski definition) is 3. The number of nitrogens with two attached hydrogens (primary N) is 1. The molecule has 1 aromatic carbocycles. The van der Waals surface area contributed by atoms with Gasteiger partial charge in [-0.25, -0.2) is 9.67 Å². The standard InChI is InChI=1S/C29H42N6O4.C11H16N2/c1-21-15-22(2)35(31-21)26-17-23(24(18-29(38)39)20-32-9-5-6-10-32)16-25(19-26)33-11-13-34(14-12-33)28(37)8-4-3-7-27(30)36;1-2-4-10-7-6-9-5-3-8-12-11(9)13-10/h15-17,19,24H,3-14,18,20H2,1-2H3,(H2,30,36)(H,38,39);6-7H,2-5,8H2,1H3,(H,12,13). The molecule has 1 atom stereocenters. The first kappa shape index (κ1) is 38.8. The summed E-state index contributed by atoms with van der Waals surface area (Å²) in [5.41, 5.74) is 12.7. The lowest BCUT2D eigenvalue weighted by Gasteiger charge is -2.37. The number of anilines is 2. The van der Waals surface area contributed by atoms with Crippen LogP contribution in [0, 0.1) is 13.8 Å². The maximum absolute atomic E-state index is 12.7. The number of nitrogens with one attached hydrogen (secondary N) is 1. The Morgan fingerprint density at radius 1 is 0.923 bits per heavy atom. The van der Waals surface area contributed by atoms with Gasteiger partial charge in [0.15, 0.2) is 0 Å². The van der Waals surface area contributed by atoms with Gasteiger partial charge in [0, 0.05) is 75.1 Å². The van der Waals surface area contributed by atoms with Crippen molar-refractivity contribution in [3.05, 3.63) is 64.6 Å². The van der Waals surface area contributed by atoms with E-state index in [-0.39, 0.29) is 24.2 Å². The number of carboxylic acid groups (broad SMARTS) is 1. The van der Waals surface area contributed by atoms with Crippen molar-refractivity contribution in [2.75, 3.05) is 62.6 Å². The molecule has 2 fully saturated rings. The van der Waals surface area contributed by atoms with Crippen LogP contribution in [0.1, 0.15) is 98.8 Å². The summed E-state index contributed by atoms with van der Waals surface area (Å²) in [5.74, 6) is -0.00977. The maximum Gasteiger partial charge on any atom is 0.304 e. The van der Waals surface area contributed by atoms with E-state index < -0.39 is 5.97 Å². The lowest BCUT2D eigenvalue weighted by molar-refractivity contribution is -0.137. The maximum atomic E-state index is 12.7. The molecule has 4 N–H and O–H groups in total. The molecular weight excluding hydrogens is 656 g/mol. The number of nitrogens with zero attached hydrogens (tertiary/aromatic N) is 6. The Hall–Kier alpha value is -4.45. The third-order valence-corrected chi connectivity index (χ3v) is 10.3. The van der Waals surface area contributed by atoms with Crippen molar-refractivity contribution in [1.29, 1.82) is 0 Å². The molecule has 0 saturated carbocycles. The topological polar surface area (TPSA) is 150 Å². The van der Waals surface area contributed by atoms with Gasteiger partial charge in [0.2, 0.25) is 11.8 Å². The molecule has 3 aliphatic heterocycles. The quantitative estimate of drug-likeness (QED) is 0.191. The van der Waals surface area contributed by atoms with Gasteiger partial charge in [-0.1, -0.05) is 19.4 Å². The minimum Gasteiger partial charge on any atom is -0.481 e. The van der Waals surface area contributed by atoms with Gasteiger partial charge in [-0.3, -0.25) is 14.4 Å². The Morgan fingerprint density at radius 2 is 1.65 bits per heavy atom. The third kappa shape index (κ3) is 11.0. The molecule has 0 bridgehead atoms. The summed E-state index contributed by atoms with van der Waals surface area (Å²) >= 11 is 0. The SMILES string of the molecule is CCCc1ccc2c(n1)NCCC2.Cc1cc(C)n(-c2cc(C(CC(=O)O)CN3CCCC3)cc(N3CCN(C(=O)CCCCC(N)=O)CC3)c2)n1. The van der Waals surface area contributed by atoms with Gasteiger partial charge in [-0.15, -0.1) is 0 Å². The molecule has 282 valence electrons. The predicted octanol–water partition coefficient (Wildman–Crippen LogP) is 5.23. The van der Waals surface area contributed by atoms with E-state index in [1.54, 1.807) is 0 Å². The predicted molar refractivity (Wildman–Crippen MR) is 205 cm³/mol. The number of carboxylic acids is 1. The summed E-state index contributed by atoms with van der Waals surface area (Å²) in [7, 11) is 0. The van der Waals surface area contributed by atoms with Gasteiger partial charge in [0.05, 0.1) is 17.8 Å². The van der Waals surface area contributed by atoms with E-state index in [1.807, 2.05) is 29.5 Å². The molecule has 52 heavy (non-hydrogen) atoms. The Bertz CT molecular complexity index is 1660. The number of aliphatic carboxylic acids is 1. The smallest absolute Gasteiger partial charge is 0.304 e. The summed E-state index contributed by atoms with van der Waals surface area (Å²) < 4.78 is 1.93. The van der Waals surface area contributed by atoms with Crippen LogP contribution >= 0.6 is 0 Å². The van der Waals surface area contributed by atoms with Crippen LogP contribution in [0.15, 0.2) is 36.4 Å². The fraction of sp³-hybridized carbons (Fsp3) is 0.575. The average Bonchev–Trinajstić information content (AvgIpc) is 3.78. The Morgan fingerprint density at radius 3 is 2.33 bits per heavy atom. The van der Waals surface area contributed by atoms with E-state index in [1.165, 1.54) is 30.5 Å². The first-order valence-electron chi connectivity index (χ1n) is 19.3. The molecule has 0 spiro atoms. The van der Waals surface area contributed by atoms with Crippen LogP contribution in [-0.4, -0.2) is 99.8 Å². The average molecular weight is 715 g/mol. The second kappa shape index (κ2) is 18.9. The van der Waals surface area contributed by atoms with Crippen molar-refractivity contribution in [3.63, 3.8) is 0 Å². The number of pyridine rings is 1. The van der Waals surface area contributed by atoms with Gasteiger partial charge in [-0.2, -0.15) is 5.10 Å². The Labute approximate surface area is 308 Å². The molecule has 0 radical (unpaired) electrons. The van der Waals surface area contributed by atoms with Gasteiger partial charge in [0.25, 0.3) is 0 Å². The van der Waals surface area contributed by atoms with Gasteiger partial charge < -0.3 is 30.9 Å². The number of amides is 2. The second-order valence-electron chi connectivity index (χ2n) is 14.6. The number of aryl methyl sites for hydroxylation is 4. The van der Waals surface area contributed by atoms with Gasteiger partial charge in [-0.05, 0) is 113 Å². The number of rotatable bonds is 14. The van der Waals surface area contributed by atoms with Crippen LogP contribution in [-0.2, 0) is 27.2 Å². The molecule has 12 nitrogen and oxygen atoms in total. The fourth-order valence-corrected chi connectivity index (χ4v) is 7.54. The molecule has 0 aliphatic carbocycles. The van der Waals surface area contributed by atoms with Crippen molar-refractivity contribution in [2.24, 2.45) is 5.73 Å². The van der Waals surface area contributed by atoms with Crippen molar-refractivity contribution in [1.82, 2.24) is 24.6 Å². The van der Waals surface area contributed by atoms with Crippen LogP contribution < -0.4 is 16.0 Å².